The summed E-state index contributed by atoms with van der Waals surface area (Å²) in [4.78, 5) is 26.4. The molecule has 1 aromatic carbocycles. The van der Waals surface area contributed by atoms with Crippen LogP contribution in [0.4, 0.5) is 5.69 Å². The van der Waals surface area contributed by atoms with E-state index in [1.54, 1.807) is 0 Å². The lowest BCUT2D eigenvalue weighted by molar-refractivity contribution is -0.118. The minimum atomic E-state index is -0.328. The molecule has 3 N–H and O–H groups in total. The Labute approximate surface area is 117 Å². The number of carbonyl (C=O) groups excluding carboxylic acids is 2. The zero-order chi connectivity index (χ0) is 14.7. The molecule has 0 aliphatic rings. The zero-order valence-corrected chi connectivity index (χ0v) is 11.6. The molecule has 0 unspecified atom stereocenters. The van der Waals surface area contributed by atoms with Crippen LogP contribution >= 0.6 is 0 Å². The maximum absolute atomic E-state index is 11.1. The summed E-state index contributed by atoms with van der Waals surface area (Å²) in [7, 11) is 0. The number of amides is 2. The van der Waals surface area contributed by atoms with Gasteiger partial charge in [-0.1, -0.05) is 0 Å². The number of aryl methyl sites for hydroxylation is 2. The topological polar surface area (TPSA) is 85.1 Å². The van der Waals surface area contributed by atoms with Crippen LogP contribution in [-0.4, -0.2) is 16.8 Å². The molecule has 0 fully saturated rings. The molecular weight excluding hydrogens is 254 g/mol. The molecule has 0 atom stereocenters. The van der Waals surface area contributed by atoms with Crippen LogP contribution < -0.4 is 11.1 Å². The molecular formula is C15H17N3O2. The van der Waals surface area contributed by atoms with Gasteiger partial charge in [0.25, 0.3) is 0 Å². The number of benzene rings is 1. The van der Waals surface area contributed by atoms with Gasteiger partial charge < -0.3 is 11.1 Å². The molecule has 1 aromatic heterocycles. The third kappa shape index (κ3) is 3.32. The standard InChI is InChI=1S/C15H17N3O2/c1-9-7-11(4-6-15(16)20)18-14-5-3-12(8-13(9)14)17-10(2)19/h3,5,7-8H,4,6H2,1-2H3,(H2,16,20)(H,17,19). The lowest BCUT2D eigenvalue weighted by atomic mass is 10.1. The summed E-state index contributed by atoms with van der Waals surface area (Å²) >= 11 is 0. The van der Waals surface area contributed by atoms with Crippen molar-refractivity contribution in [2.45, 2.75) is 26.7 Å². The van der Waals surface area contributed by atoms with Crippen molar-refractivity contribution in [1.29, 1.82) is 0 Å². The minimum absolute atomic E-state index is 0.104. The number of aromatic nitrogens is 1. The van der Waals surface area contributed by atoms with Crippen LogP contribution in [0.15, 0.2) is 24.3 Å². The van der Waals surface area contributed by atoms with Gasteiger partial charge in [0.15, 0.2) is 0 Å². The molecule has 0 saturated heterocycles. The molecule has 2 amide bonds. The van der Waals surface area contributed by atoms with Crippen LogP contribution in [-0.2, 0) is 16.0 Å². The number of carbonyl (C=O) groups is 2. The van der Waals surface area contributed by atoms with Crippen LogP contribution in [0.3, 0.4) is 0 Å². The van der Waals surface area contributed by atoms with E-state index in [0.29, 0.717) is 12.8 Å². The van der Waals surface area contributed by atoms with Crippen LogP contribution in [0.1, 0.15) is 24.6 Å². The SMILES string of the molecule is CC(=O)Nc1ccc2nc(CCC(N)=O)cc(C)c2c1. The first-order valence-electron chi connectivity index (χ1n) is 6.42. The number of pyridine rings is 1. The summed E-state index contributed by atoms with van der Waals surface area (Å²) in [6, 6.07) is 7.52. The van der Waals surface area contributed by atoms with Gasteiger partial charge in [-0.05, 0) is 43.2 Å². The first-order chi connectivity index (χ1) is 9.45. The average molecular weight is 271 g/mol. The van der Waals surface area contributed by atoms with E-state index in [9.17, 15) is 9.59 Å². The molecule has 104 valence electrons. The summed E-state index contributed by atoms with van der Waals surface area (Å²) in [5.74, 6) is -0.432. The fourth-order valence-electron chi connectivity index (χ4n) is 2.12. The molecule has 0 radical (unpaired) electrons. The van der Waals surface area contributed by atoms with E-state index in [4.69, 9.17) is 5.73 Å². The Balaban J connectivity index is 2.36. The van der Waals surface area contributed by atoms with Crippen molar-refractivity contribution in [3.05, 3.63) is 35.5 Å². The van der Waals surface area contributed by atoms with Crippen molar-refractivity contribution in [2.75, 3.05) is 5.32 Å². The van der Waals surface area contributed by atoms with E-state index in [1.807, 2.05) is 31.2 Å². The molecule has 0 bridgehead atoms. The Morgan fingerprint density at radius 2 is 2.05 bits per heavy atom. The smallest absolute Gasteiger partial charge is 0.221 e. The molecule has 0 aliphatic heterocycles. The largest absolute Gasteiger partial charge is 0.370 e. The van der Waals surface area contributed by atoms with E-state index >= 15 is 0 Å². The fourth-order valence-corrected chi connectivity index (χ4v) is 2.12. The van der Waals surface area contributed by atoms with Gasteiger partial charge in [0.2, 0.25) is 11.8 Å². The predicted molar refractivity (Wildman–Crippen MR) is 78.3 cm³/mol. The van der Waals surface area contributed by atoms with Gasteiger partial charge in [-0.3, -0.25) is 14.6 Å². The molecule has 0 spiro atoms. The van der Waals surface area contributed by atoms with Gasteiger partial charge in [0, 0.05) is 30.1 Å². The van der Waals surface area contributed by atoms with Crippen molar-refractivity contribution in [2.24, 2.45) is 5.73 Å². The molecule has 0 saturated carbocycles. The summed E-state index contributed by atoms with van der Waals surface area (Å²) in [6.45, 7) is 3.46. The summed E-state index contributed by atoms with van der Waals surface area (Å²) in [6.07, 6.45) is 0.835. The molecule has 2 rings (SSSR count). The Bertz CT molecular complexity index is 680. The van der Waals surface area contributed by atoms with Crippen LogP contribution in [0.5, 0.6) is 0 Å². The number of nitrogens with two attached hydrogens (primary N) is 1. The van der Waals surface area contributed by atoms with Crippen LogP contribution in [0.2, 0.25) is 0 Å². The van der Waals surface area contributed by atoms with Crippen molar-refractivity contribution in [3.8, 4) is 0 Å². The third-order valence-electron chi connectivity index (χ3n) is 3.02. The van der Waals surface area contributed by atoms with E-state index in [-0.39, 0.29) is 11.8 Å². The van der Waals surface area contributed by atoms with E-state index in [1.165, 1.54) is 6.92 Å². The second-order valence-corrected chi connectivity index (χ2v) is 4.81. The number of primary amides is 1. The second-order valence-electron chi connectivity index (χ2n) is 4.81. The summed E-state index contributed by atoms with van der Waals surface area (Å²) in [5, 5.41) is 3.74. The van der Waals surface area contributed by atoms with Gasteiger partial charge in [-0.25, -0.2) is 0 Å². The minimum Gasteiger partial charge on any atom is -0.370 e. The molecule has 2 aromatic rings. The van der Waals surface area contributed by atoms with Crippen molar-refractivity contribution < 1.29 is 9.59 Å². The number of nitrogens with one attached hydrogen (secondary N) is 1. The van der Waals surface area contributed by atoms with Crippen LogP contribution in [0.25, 0.3) is 10.9 Å². The number of fused-ring (bicyclic) bond motifs is 1. The second kappa shape index (κ2) is 5.69. The number of rotatable bonds is 4. The number of hydrogen-bond donors (Lipinski definition) is 2. The Morgan fingerprint density at radius 3 is 2.70 bits per heavy atom. The van der Waals surface area contributed by atoms with Crippen molar-refractivity contribution >= 4 is 28.4 Å². The Hall–Kier alpha value is -2.43. The predicted octanol–water partition coefficient (Wildman–Crippen LogP) is 1.92. The Kier molecular flexibility index (Phi) is 3.98. The van der Waals surface area contributed by atoms with Gasteiger partial charge in [0.05, 0.1) is 5.52 Å². The number of anilines is 1. The highest BCUT2D eigenvalue weighted by molar-refractivity contribution is 5.93. The van der Waals surface area contributed by atoms with E-state index < -0.39 is 0 Å². The van der Waals surface area contributed by atoms with Gasteiger partial charge in [-0.2, -0.15) is 0 Å². The summed E-state index contributed by atoms with van der Waals surface area (Å²) in [5.41, 5.74) is 8.65. The number of hydrogen-bond acceptors (Lipinski definition) is 3. The fraction of sp³-hybridized carbons (Fsp3) is 0.267. The first-order valence-corrected chi connectivity index (χ1v) is 6.42. The highest BCUT2D eigenvalue weighted by atomic mass is 16.1. The normalized spacial score (nSPS) is 10.5. The third-order valence-corrected chi connectivity index (χ3v) is 3.02. The monoisotopic (exact) mass is 271 g/mol. The molecule has 20 heavy (non-hydrogen) atoms. The lowest BCUT2D eigenvalue weighted by Gasteiger charge is -2.08. The highest BCUT2D eigenvalue weighted by Crippen LogP contribution is 2.22. The van der Waals surface area contributed by atoms with Gasteiger partial charge >= 0.3 is 0 Å². The van der Waals surface area contributed by atoms with Crippen molar-refractivity contribution in [1.82, 2.24) is 4.98 Å². The lowest BCUT2D eigenvalue weighted by Crippen LogP contribution is -2.11. The Morgan fingerprint density at radius 1 is 1.30 bits per heavy atom. The molecule has 5 nitrogen and oxygen atoms in total. The van der Waals surface area contributed by atoms with E-state index in [2.05, 4.69) is 10.3 Å². The average Bonchev–Trinajstić information content (AvgIpc) is 2.36. The maximum Gasteiger partial charge on any atom is 0.221 e. The van der Waals surface area contributed by atoms with Gasteiger partial charge in [0.1, 0.15) is 0 Å². The van der Waals surface area contributed by atoms with Crippen molar-refractivity contribution in [3.63, 3.8) is 0 Å². The number of nitrogens with zero attached hydrogens (tertiary/aromatic N) is 1. The molecule has 1 heterocycles. The van der Waals surface area contributed by atoms with Crippen LogP contribution in [0, 0.1) is 6.92 Å². The summed E-state index contributed by atoms with van der Waals surface area (Å²) < 4.78 is 0. The molecule has 5 heteroatoms. The maximum atomic E-state index is 11.1. The molecule has 0 aliphatic carbocycles. The zero-order valence-electron chi connectivity index (χ0n) is 11.6. The highest BCUT2D eigenvalue weighted by Gasteiger charge is 2.06. The first kappa shape index (κ1) is 14.0. The van der Waals surface area contributed by atoms with E-state index in [0.717, 1.165) is 27.8 Å². The quantitative estimate of drug-likeness (QED) is 0.890. The van der Waals surface area contributed by atoms with Gasteiger partial charge in [-0.15, -0.1) is 0 Å².